The molecule has 8 heteroatoms. The number of halogens is 1. The Kier molecular flexibility index (Phi) is 5.94. The van der Waals surface area contributed by atoms with Crippen LogP contribution < -0.4 is 10.1 Å². The molecule has 3 amide bonds. The van der Waals surface area contributed by atoms with E-state index in [-0.39, 0.29) is 24.3 Å². The molecule has 4 aliphatic rings. The first-order valence-corrected chi connectivity index (χ1v) is 13.8. The lowest BCUT2D eigenvalue weighted by Gasteiger charge is -2.29. The third kappa shape index (κ3) is 4.49. The first-order valence-electron chi connectivity index (χ1n) is 13.4. The van der Waals surface area contributed by atoms with E-state index in [1.807, 2.05) is 24.3 Å². The maximum atomic E-state index is 13.0. The number of carbonyl (C=O) groups is 3. The van der Waals surface area contributed by atoms with Crippen molar-refractivity contribution in [2.45, 2.75) is 38.1 Å². The highest BCUT2D eigenvalue weighted by molar-refractivity contribution is 6.30. The molecule has 2 saturated heterocycles. The number of rotatable bonds is 6. The van der Waals surface area contributed by atoms with E-state index < -0.39 is 11.9 Å². The summed E-state index contributed by atoms with van der Waals surface area (Å²) in [5.41, 5.74) is 5.19. The third-order valence-electron chi connectivity index (χ3n) is 8.52. The van der Waals surface area contributed by atoms with Gasteiger partial charge in [-0.25, -0.2) is 0 Å². The van der Waals surface area contributed by atoms with Gasteiger partial charge >= 0.3 is 0 Å². The van der Waals surface area contributed by atoms with E-state index in [2.05, 4.69) is 46.6 Å². The van der Waals surface area contributed by atoms with Crippen LogP contribution in [0.15, 0.2) is 66.7 Å². The summed E-state index contributed by atoms with van der Waals surface area (Å²) in [5, 5.41) is 3.09. The average Bonchev–Trinajstić information content (AvgIpc) is 3.22. The van der Waals surface area contributed by atoms with Crippen molar-refractivity contribution in [1.82, 2.24) is 15.1 Å². The number of benzene rings is 3. The Balaban J connectivity index is 0.972. The SMILES string of the molecule is O=C1CCC(N2Cc3cc(OC4C5CN(Cc6ccccc6-c6ccc(Cl)cc6)CC54)ccc3C2=O)C(=O)N1. The fraction of sp³-hybridized carbons (Fsp3) is 0.323. The second-order valence-electron chi connectivity index (χ2n) is 11.0. The van der Waals surface area contributed by atoms with Gasteiger partial charge < -0.3 is 9.64 Å². The zero-order valence-electron chi connectivity index (χ0n) is 21.3. The minimum Gasteiger partial charge on any atom is -0.490 e. The Bertz CT molecular complexity index is 1480. The molecule has 1 saturated carbocycles. The second kappa shape index (κ2) is 9.50. The Morgan fingerprint density at radius 2 is 1.69 bits per heavy atom. The van der Waals surface area contributed by atoms with Gasteiger partial charge in [-0.1, -0.05) is 48.0 Å². The number of nitrogens with one attached hydrogen (secondary N) is 1. The molecular formula is C31H28ClN3O4. The molecule has 1 aliphatic carbocycles. The summed E-state index contributed by atoms with van der Waals surface area (Å²) >= 11 is 6.09. The largest absolute Gasteiger partial charge is 0.490 e. The third-order valence-corrected chi connectivity index (χ3v) is 8.78. The molecule has 0 aromatic heterocycles. The maximum Gasteiger partial charge on any atom is 0.255 e. The number of hydrogen-bond donors (Lipinski definition) is 1. The van der Waals surface area contributed by atoms with Gasteiger partial charge in [0.25, 0.3) is 5.91 Å². The number of fused-ring (bicyclic) bond motifs is 2. The number of piperidine rings is 2. The molecule has 0 spiro atoms. The summed E-state index contributed by atoms with van der Waals surface area (Å²) < 4.78 is 6.38. The summed E-state index contributed by atoms with van der Waals surface area (Å²) in [6.07, 6.45) is 0.799. The fourth-order valence-corrected chi connectivity index (χ4v) is 6.58. The normalized spacial score (nSPS) is 25.9. The van der Waals surface area contributed by atoms with Crippen LogP contribution in [0.2, 0.25) is 5.02 Å². The van der Waals surface area contributed by atoms with Crippen LogP contribution in [0.25, 0.3) is 11.1 Å². The van der Waals surface area contributed by atoms with Crippen LogP contribution in [-0.4, -0.2) is 52.8 Å². The zero-order chi connectivity index (χ0) is 26.7. The number of nitrogens with zero attached hydrogens (tertiary/aromatic N) is 2. The standard InChI is InChI=1S/C31H28ClN3O4/c32-21-7-5-18(6-8-21)23-4-2-1-3-19(23)14-34-16-25-26(17-34)29(25)39-22-9-10-24-20(13-22)15-35(31(24)38)27-11-12-28(36)33-30(27)37/h1-10,13,25-27,29H,11-12,14-17H2,(H,33,36,37). The van der Waals surface area contributed by atoms with Gasteiger partial charge in [0.2, 0.25) is 11.8 Å². The van der Waals surface area contributed by atoms with E-state index >= 15 is 0 Å². The van der Waals surface area contributed by atoms with E-state index in [9.17, 15) is 14.4 Å². The molecule has 3 aliphatic heterocycles. The number of ether oxygens (including phenoxy) is 1. The predicted octanol–water partition coefficient (Wildman–Crippen LogP) is 4.28. The van der Waals surface area contributed by atoms with E-state index in [0.29, 0.717) is 30.4 Å². The monoisotopic (exact) mass is 541 g/mol. The van der Waals surface area contributed by atoms with Crippen molar-refractivity contribution in [3.05, 3.63) is 88.4 Å². The lowest BCUT2D eigenvalue weighted by Crippen LogP contribution is -2.52. The molecule has 198 valence electrons. The van der Waals surface area contributed by atoms with E-state index in [4.69, 9.17) is 16.3 Å². The number of amides is 3. The second-order valence-corrected chi connectivity index (χ2v) is 11.4. The molecule has 7 rings (SSSR count). The van der Waals surface area contributed by atoms with Crippen molar-refractivity contribution in [3.8, 4) is 16.9 Å². The molecular weight excluding hydrogens is 514 g/mol. The van der Waals surface area contributed by atoms with Crippen molar-refractivity contribution in [2.24, 2.45) is 11.8 Å². The van der Waals surface area contributed by atoms with Crippen LogP contribution in [0.5, 0.6) is 5.75 Å². The highest BCUT2D eigenvalue weighted by atomic mass is 35.5. The average molecular weight is 542 g/mol. The van der Waals surface area contributed by atoms with Crippen LogP contribution in [0.1, 0.15) is 34.3 Å². The molecule has 1 N–H and O–H groups in total. The van der Waals surface area contributed by atoms with Crippen LogP contribution in [0, 0.1) is 11.8 Å². The highest BCUT2D eigenvalue weighted by Crippen LogP contribution is 2.48. The smallest absolute Gasteiger partial charge is 0.255 e. The van der Waals surface area contributed by atoms with E-state index in [0.717, 1.165) is 36.0 Å². The first kappa shape index (κ1) is 24.4. The first-order chi connectivity index (χ1) is 18.9. The van der Waals surface area contributed by atoms with Crippen LogP contribution in [0.3, 0.4) is 0 Å². The lowest BCUT2D eigenvalue weighted by molar-refractivity contribution is -0.136. The van der Waals surface area contributed by atoms with Gasteiger partial charge in [0.1, 0.15) is 17.9 Å². The molecule has 0 bridgehead atoms. The molecule has 3 aromatic carbocycles. The molecule has 3 atom stereocenters. The molecule has 3 unspecified atom stereocenters. The number of carbonyl (C=O) groups excluding carboxylic acids is 3. The van der Waals surface area contributed by atoms with Gasteiger partial charge in [-0.05, 0) is 59.0 Å². The van der Waals surface area contributed by atoms with Gasteiger partial charge in [0.05, 0.1) is 0 Å². The summed E-state index contributed by atoms with van der Waals surface area (Å²) in [5.74, 6) is 0.935. The van der Waals surface area contributed by atoms with E-state index in [1.165, 1.54) is 16.7 Å². The Hall–Kier alpha value is -3.68. The Morgan fingerprint density at radius 1 is 0.923 bits per heavy atom. The fourth-order valence-electron chi connectivity index (χ4n) is 6.45. The van der Waals surface area contributed by atoms with Crippen molar-refractivity contribution in [3.63, 3.8) is 0 Å². The van der Waals surface area contributed by atoms with Gasteiger partial charge in [-0.2, -0.15) is 0 Å². The number of imide groups is 1. The number of hydrogen-bond acceptors (Lipinski definition) is 5. The van der Waals surface area contributed by atoms with Crippen molar-refractivity contribution in [2.75, 3.05) is 13.1 Å². The summed E-state index contributed by atoms with van der Waals surface area (Å²) in [6, 6.07) is 21.5. The van der Waals surface area contributed by atoms with Gasteiger partial charge in [-0.15, -0.1) is 0 Å². The minimum absolute atomic E-state index is 0.163. The number of likely N-dealkylation sites (tertiary alicyclic amines) is 1. The van der Waals surface area contributed by atoms with Crippen molar-refractivity contribution in [1.29, 1.82) is 0 Å². The lowest BCUT2D eigenvalue weighted by atomic mass is 9.99. The molecule has 3 aromatic rings. The Labute approximate surface area is 231 Å². The molecule has 3 heterocycles. The summed E-state index contributed by atoms with van der Waals surface area (Å²) in [4.78, 5) is 40.8. The topological polar surface area (TPSA) is 79.0 Å². The molecule has 3 fully saturated rings. The molecule has 7 nitrogen and oxygen atoms in total. The van der Waals surface area contributed by atoms with Crippen LogP contribution in [-0.2, 0) is 22.7 Å². The van der Waals surface area contributed by atoms with Gasteiger partial charge in [0, 0.05) is 55.0 Å². The quantitative estimate of drug-likeness (QED) is 0.471. The van der Waals surface area contributed by atoms with Crippen molar-refractivity contribution >= 4 is 29.3 Å². The maximum absolute atomic E-state index is 13.0. The highest BCUT2D eigenvalue weighted by Gasteiger charge is 2.57. The van der Waals surface area contributed by atoms with Gasteiger partial charge in [0.15, 0.2) is 0 Å². The van der Waals surface area contributed by atoms with E-state index in [1.54, 1.807) is 11.0 Å². The molecule has 39 heavy (non-hydrogen) atoms. The Morgan fingerprint density at radius 3 is 2.46 bits per heavy atom. The molecule has 0 radical (unpaired) electrons. The van der Waals surface area contributed by atoms with Crippen LogP contribution in [0.4, 0.5) is 0 Å². The zero-order valence-corrected chi connectivity index (χ0v) is 22.1. The van der Waals surface area contributed by atoms with Crippen molar-refractivity contribution < 1.29 is 19.1 Å². The predicted molar refractivity (Wildman–Crippen MR) is 146 cm³/mol. The van der Waals surface area contributed by atoms with Gasteiger partial charge in [-0.3, -0.25) is 24.6 Å². The minimum atomic E-state index is -0.606. The van der Waals surface area contributed by atoms with Crippen LogP contribution >= 0.6 is 11.6 Å². The summed E-state index contributed by atoms with van der Waals surface area (Å²) in [6.45, 7) is 3.25. The summed E-state index contributed by atoms with van der Waals surface area (Å²) in [7, 11) is 0.